The Balaban J connectivity index is 1.55. The maximum absolute atomic E-state index is 12.4. The van der Waals surface area contributed by atoms with Crippen molar-refractivity contribution in [1.29, 1.82) is 0 Å². The summed E-state index contributed by atoms with van der Waals surface area (Å²) >= 11 is 2.77. The maximum atomic E-state index is 12.4. The Kier molecular flexibility index (Phi) is 8.12. The summed E-state index contributed by atoms with van der Waals surface area (Å²) in [6.07, 6.45) is 3.36. The van der Waals surface area contributed by atoms with Crippen molar-refractivity contribution < 1.29 is 19.4 Å². The molecular weight excluding hydrogens is 422 g/mol. The normalized spacial score (nSPS) is 17.3. The SMILES string of the molecule is CCCCOc1ccc(C(N)[C@H]2CCC(=O)N2CCSc2nc(C(=O)O)cs2)cc1. The Morgan fingerprint density at radius 3 is 2.87 bits per heavy atom. The summed E-state index contributed by atoms with van der Waals surface area (Å²) in [4.78, 5) is 29.3. The van der Waals surface area contributed by atoms with E-state index in [4.69, 9.17) is 15.6 Å². The number of ether oxygens (including phenoxy) is 1. The van der Waals surface area contributed by atoms with Crippen LogP contribution < -0.4 is 10.5 Å². The van der Waals surface area contributed by atoms with Gasteiger partial charge in [-0.05, 0) is 30.5 Å². The predicted octanol–water partition coefficient (Wildman–Crippen LogP) is 3.80. The standard InChI is InChI=1S/C21H27N3O4S2/c1-2-3-11-28-15-6-4-14(5-7-15)19(22)17-8-9-18(25)24(17)10-12-29-21-23-16(13-30-21)20(26)27/h4-7,13,17,19H,2-3,8-12,22H2,1H3,(H,26,27)/t17-,19?/m1/s1. The lowest BCUT2D eigenvalue weighted by atomic mass is 9.98. The summed E-state index contributed by atoms with van der Waals surface area (Å²) in [6.45, 7) is 3.39. The van der Waals surface area contributed by atoms with Crippen molar-refractivity contribution in [2.45, 2.75) is 49.0 Å². The Labute approximate surface area is 184 Å². The van der Waals surface area contributed by atoms with E-state index in [0.29, 0.717) is 29.7 Å². The van der Waals surface area contributed by atoms with Gasteiger partial charge in [0.2, 0.25) is 5.91 Å². The number of benzene rings is 1. The second-order valence-corrected chi connectivity index (χ2v) is 9.34. The third kappa shape index (κ3) is 5.74. The lowest BCUT2D eigenvalue weighted by molar-refractivity contribution is -0.128. The fourth-order valence-corrected chi connectivity index (χ4v) is 5.22. The molecule has 2 aromatic rings. The molecule has 1 unspecified atom stereocenters. The highest BCUT2D eigenvalue weighted by Crippen LogP contribution is 2.31. The number of likely N-dealkylation sites (tertiary alicyclic amines) is 1. The molecule has 0 aliphatic carbocycles. The van der Waals surface area contributed by atoms with Gasteiger partial charge in [0, 0.05) is 24.1 Å². The molecule has 3 N–H and O–H groups in total. The van der Waals surface area contributed by atoms with Crippen molar-refractivity contribution in [1.82, 2.24) is 9.88 Å². The molecule has 0 bridgehead atoms. The lowest BCUT2D eigenvalue weighted by Crippen LogP contribution is -2.41. The number of rotatable bonds is 11. The van der Waals surface area contributed by atoms with Gasteiger partial charge in [0.25, 0.3) is 0 Å². The molecule has 2 heterocycles. The number of thioether (sulfide) groups is 1. The number of carbonyl (C=O) groups is 2. The maximum Gasteiger partial charge on any atom is 0.355 e. The monoisotopic (exact) mass is 449 g/mol. The molecule has 1 aliphatic heterocycles. The molecule has 1 aromatic heterocycles. The molecule has 9 heteroatoms. The number of hydrogen-bond acceptors (Lipinski definition) is 7. The molecule has 0 radical (unpaired) electrons. The molecule has 30 heavy (non-hydrogen) atoms. The molecule has 0 spiro atoms. The second-order valence-electron chi connectivity index (χ2n) is 7.14. The number of carboxylic acid groups (broad SMARTS) is 1. The van der Waals surface area contributed by atoms with Crippen LogP contribution in [-0.2, 0) is 4.79 Å². The number of hydrogen-bond donors (Lipinski definition) is 2. The van der Waals surface area contributed by atoms with E-state index in [1.54, 1.807) is 0 Å². The average molecular weight is 450 g/mol. The summed E-state index contributed by atoms with van der Waals surface area (Å²) in [5.41, 5.74) is 7.57. The van der Waals surface area contributed by atoms with Crippen LogP contribution in [0.2, 0.25) is 0 Å². The van der Waals surface area contributed by atoms with E-state index in [0.717, 1.165) is 30.6 Å². The number of nitrogens with two attached hydrogens (primary N) is 1. The van der Waals surface area contributed by atoms with Gasteiger partial charge >= 0.3 is 5.97 Å². The van der Waals surface area contributed by atoms with Crippen LogP contribution in [0.15, 0.2) is 34.0 Å². The summed E-state index contributed by atoms with van der Waals surface area (Å²) in [6, 6.07) is 7.52. The molecule has 1 aliphatic rings. The van der Waals surface area contributed by atoms with Crippen LogP contribution in [0.5, 0.6) is 5.75 Å². The Bertz CT molecular complexity index is 856. The number of thiazole rings is 1. The van der Waals surface area contributed by atoms with E-state index in [9.17, 15) is 9.59 Å². The number of carbonyl (C=O) groups excluding carboxylic acids is 1. The third-order valence-corrected chi connectivity index (χ3v) is 7.08. The predicted molar refractivity (Wildman–Crippen MR) is 118 cm³/mol. The van der Waals surface area contributed by atoms with E-state index in [-0.39, 0.29) is 23.7 Å². The molecule has 7 nitrogen and oxygen atoms in total. The number of nitrogens with zero attached hydrogens (tertiary/aromatic N) is 2. The van der Waals surface area contributed by atoms with Gasteiger partial charge in [0.05, 0.1) is 18.7 Å². The number of aromatic carboxylic acids is 1. The summed E-state index contributed by atoms with van der Waals surface area (Å²) < 4.78 is 6.40. The third-order valence-electron chi connectivity index (χ3n) is 5.08. The van der Waals surface area contributed by atoms with E-state index in [2.05, 4.69) is 11.9 Å². The molecule has 162 valence electrons. The number of aromatic nitrogens is 1. The van der Waals surface area contributed by atoms with Crippen LogP contribution in [0, 0.1) is 0 Å². The van der Waals surface area contributed by atoms with Crippen molar-refractivity contribution in [3.63, 3.8) is 0 Å². The summed E-state index contributed by atoms with van der Waals surface area (Å²) in [5.74, 6) is 0.562. The number of amides is 1. The van der Waals surface area contributed by atoms with Gasteiger partial charge in [-0.25, -0.2) is 9.78 Å². The van der Waals surface area contributed by atoms with Crippen LogP contribution in [0.25, 0.3) is 0 Å². The lowest BCUT2D eigenvalue weighted by Gasteiger charge is -2.29. The van der Waals surface area contributed by atoms with E-state index in [1.807, 2.05) is 29.2 Å². The Hall–Kier alpha value is -2.10. The van der Waals surface area contributed by atoms with Crippen molar-refractivity contribution >= 4 is 35.0 Å². The van der Waals surface area contributed by atoms with Crippen molar-refractivity contribution in [3.05, 3.63) is 40.9 Å². The van der Waals surface area contributed by atoms with Crippen LogP contribution >= 0.6 is 23.1 Å². The highest BCUT2D eigenvalue weighted by atomic mass is 32.2. The number of carboxylic acids is 1. The van der Waals surface area contributed by atoms with Crippen LogP contribution in [0.1, 0.15) is 54.7 Å². The molecule has 0 saturated carbocycles. The van der Waals surface area contributed by atoms with Crippen LogP contribution in [-0.4, -0.2) is 51.8 Å². The number of unbranched alkanes of at least 4 members (excludes halogenated alkanes) is 1. The first-order valence-corrected chi connectivity index (χ1v) is 12.0. The van der Waals surface area contributed by atoms with Gasteiger partial charge in [0.15, 0.2) is 10.0 Å². The molecule has 1 aromatic carbocycles. The van der Waals surface area contributed by atoms with Crippen molar-refractivity contribution in [2.24, 2.45) is 5.73 Å². The van der Waals surface area contributed by atoms with Gasteiger partial charge < -0.3 is 20.5 Å². The smallest absolute Gasteiger partial charge is 0.355 e. The van der Waals surface area contributed by atoms with Crippen LogP contribution in [0.3, 0.4) is 0 Å². The topological polar surface area (TPSA) is 106 Å². The average Bonchev–Trinajstić information content (AvgIpc) is 3.36. The highest BCUT2D eigenvalue weighted by molar-refractivity contribution is 8.01. The minimum Gasteiger partial charge on any atom is -0.494 e. The summed E-state index contributed by atoms with van der Waals surface area (Å²) in [5, 5.41) is 10.5. The van der Waals surface area contributed by atoms with Gasteiger partial charge in [-0.15, -0.1) is 11.3 Å². The molecule has 2 atom stereocenters. The summed E-state index contributed by atoms with van der Waals surface area (Å²) in [7, 11) is 0. The zero-order chi connectivity index (χ0) is 21.5. The van der Waals surface area contributed by atoms with Crippen LogP contribution in [0.4, 0.5) is 0 Å². The van der Waals surface area contributed by atoms with Gasteiger partial charge in [-0.3, -0.25) is 4.79 Å². The van der Waals surface area contributed by atoms with Gasteiger partial charge in [-0.2, -0.15) is 0 Å². The molecule has 3 rings (SSSR count). The minimum atomic E-state index is -1.03. The zero-order valence-corrected chi connectivity index (χ0v) is 18.6. The van der Waals surface area contributed by atoms with Gasteiger partial charge in [-0.1, -0.05) is 37.2 Å². The minimum absolute atomic E-state index is 0.0455. The largest absolute Gasteiger partial charge is 0.494 e. The van der Waals surface area contributed by atoms with Crippen molar-refractivity contribution in [3.8, 4) is 5.75 Å². The van der Waals surface area contributed by atoms with E-state index < -0.39 is 5.97 Å². The van der Waals surface area contributed by atoms with Gasteiger partial charge in [0.1, 0.15) is 5.75 Å². The molecule has 1 fully saturated rings. The first-order chi connectivity index (χ1) is 14.5. The first kappa shape index (κ1) is 22.6. The molecule has 1 saturated heterocycles. The fraction of sp³-hybridized carbons (Fsp3) is 0.476. The quantitative estimate of drug-likeness (QED) is 0.397. The molecule has 1 amide bonds. The fourth-order valence-electron chi connectivity index (χ4n) is 3.42. The zero-order valence-electron chi connectivity index (χ0n) is 17.0. The van der Waals surface area contributed by atoms with Crippen molar-refractivity contribution in [2.75, 3.05) is 18.9 Å². The highest BCUT2D eigenvalue weighted by Gasteiger charge is 2.35. The van der Waals surface area contributed by atoms with E-state index >= 15 is 0 Å². The molecular formula is C21H27N3O4S2. The Morgan fingerprint density at radius 1 is 1.43 bits per heavy atom. The Morgan fingerprint density at radius 2 is 2.20 bits per heavy atom. The first-order valence-electron chi connectivity index (χ1n) is 10.1. The second kappa shape index (κ2) is 10.8. The van der Waals surface area contributed by atoms with E-state index in [1.165, 1.54) is 28.5 Å².